The Morgan fingerprint density at radius 3 is 2.12 bits per heavy atom. The van der Waals surface area contributed by atoms with Gasteiger partial charge in [-0.25, -0.2) is 0 Å². The van der Waals surface area contributed by atoms with E-state index in [4.69, 9.17) is 9.47 Å². The number of carbonyl (C=O) groups is 2. The predicted molar refractivity (Wildman–Crippen MR) is 90.0 cm³/mol. The highest BCUT2D eigenvalue weighted by atomic mass is 16.5. The molecule has 1 N–H and O–H groups in total. The lowest BCUT2D eigenvalue weighted by Crippen LogP contribution is -2.41. The molecule has 24 heavy (non-hydrogen) atoms. The third-order valence-electron chi connectivity index (χ3n) is 3.48. The molecule has 0 saturated carbocycles. The van der Waals surface area contributed by atoms with Crippen molar-refractivity contribution in [3.8, 4) is 0 Å². The van der Waals surface area contributed by atoms with Gasteiger partial charge in [-0.1, -0.05) is 60.7 Å². The van der Waals surface area contributed by atoms with E-state index in [-0.39, 0.29) is 0 Å². The number of ether oxygens (including phenoxy) is 2. The SMILES string of the molecule is CO[C@@H](NC(=O)[C@@H](Cc1ccccc1)OC(C)=O)c1ccccc1. The highest BCUT2D eigenvalue weighted by Crippen LogP contribution is 2.14. The van der Waals surface area contributed by atoms with E-state index in [1.54, 1.807) is 0 Å². The Kier molecular flexibility index (Phi) is 6.51. The van der Waals surface area contributed by atoms with Gasteiger partial charge in [0.15, 0.2) is 12.3 Å². The van der Waals surface area contributed by atoms with Gasteiger partial charge in [0.25, 0.3) is 5.91 Å². The summed E-state index contributed by atoms with van der Waals surface area (Å²) in [5.74, 6) is -0.899. The number of hydrogen-bond donors (Lipinski definition) is 1. The molecule has 0 aliphatic rings. The van der Waals surface area contributed by atoms with Gasteiger partial charge in [-0.05, 0) is 5.56 Å². The van der Waals surface area contributed by atoms with Crippen molar-refractivity contribution in [3.05, 3.63) is 71.8 Å². The molecule has 5 nitrogen and oxygen atoms in total. The van der Waals surface area contributed by atoms with Crippen LogP contribution in [0, 0.1) is 0 Å². The van der Waals surface area contributed by atoms with E-state index < -0.39 is 24.2 Å². The Bertz CT molecular complexity index is 658. The van der Waals surface area contributed by atoms with Crippen LogP contribution in [0.25, 0.3) is 0 Å². The molecule has 2 aromatic carbocycles. The minimum Gasteiger partial charge on any atom is -0.452 e. The summed E-state index contributed by atoms with van der Waals surface area (Å²) < 4.78 is 10.5. The van der Waals surface area contributed by atoms with Gasteiger partial charge in [-0.15, -0.1) is 0 Å². The van der Waals surface area contributed by atoms with Crippen LogP contribution in [0.3, 0.4) is 0 Å². The molecule has 2 aromatic rings. The zero-order valence-electron chi connectivity index (χ0n) is 13.8. The normalized spacial score (nSPS) is 12.9. The van der Waals surface area contributed by atoms with Gasteiger partial charge < -0.3 is 14.8 Å². The molecule has 5 heteroatoms. The second-order valence-corrected chi connectivity index (χ2v) is 5.32. The van der Waals surface area contributed by atoms with E-state index in [9.17, 15) is 9.59 Å². The van der Waals surface area contributed by atoms with Gasteiger partial charge in [-0.3, -0.25) is 9.59 Å². The molecule has 2 rings (SSSR count). The zero-order chi connectivity index (χ0) is 17.4. The zero-order valence-corrected chi connectivity index (χ0v) is 13.8. The largest absolute Gasteiger partial charge is 0.452 e. The van der Waals surface area contributed by atoms with Crippen LogP contribution in [0.1, 0.15) is 24.3 Å². The lowest BCUT2D eigenvalue weighted by Gasteiger charge is -2.22. The van der Waals surface area contributed by atoms with Crippen LogP contribution in [0.5, 0.6) is 0 Å². The van der Waals surface area contributed by atoms with Crippen LogP contribution in [0.4, 0.5) is 0 Å². The number of amides is 1. The standard InChI is InChI=1S/C19H21NO4/c1-14(21)24-17(13-15-9-5-3-6-10-15)18(22)20-19(23-2)16-11-7-4-8-12-16/h3-12,17,19H,13H2,1-2H3,(H,20,22)/t17-,19-/m1/s1. The van der Waals surface area contributed by atoms with Crippen molar-refractivity contribution in [3.63, 3.8) is 0 Å². The van der Waals surface area contributed by atoms with Crippen molar-refractivity contribution in [2.45, 2.75) is 25.7 Å². The third-order valence-corrected chi connectivity index (χ3v) is 3.48. The molecular formula is C19H21NO4. The van der Waals surface area contributed by atoms with E-state index in [0.717, 1.165) is 11.1 Å². The van der Waals surface area contributed by atoms with E-state index >= 15 is 0 Å². The molecule has 0 aromatic heterocycles. The fraction of sp³-hybridized carbons (Fsp3) is 0.263. The Balaban J connectivity index is 2.10. The summed E-state index contributed by atoms with van der Waals surface area (Å²) in [6, 6.07) is 18.7. The second-order valence-electron chi connectivity index (χ2n) is 5.32. The summed E-state index contributed by atoms with van der Waals surface area (Å²) in [6.45, 7) is 1.29. The van der Waals surface area contributed by atoms with Crippen LogP contribution < -0.4 is 5.32 Å². The van der Waals surface area contributed by atoms with Crippen molar-refractivity contribution in [2.24, 2.45) is 0 Å². The average molecular weight is 327 g/mol. The van der Waals surface area contributed by atoms with Gasteiger partial charge in [-0.2, -0.15) is 0 Å². The lowest BCUT2D eigenvalue weighted by molar-refractivity contribution is -0.155. The maximum absolute atomic E-state index is 12.6. The third kappa shape index (κ3) is 5.21. The average Bonchev–Trinajstić information content (AvgIpc) is 2.60. The number of benzene rings is 2. The summed E-state index contributed by atoms with van der Waals surface area (Å²) in [4.78, 5) is 23.9. The number of nitrogens with one attached hydrogen (secondary N) is 1. The maximum Gasteiger partial charge on any atom is 0.303 e. The van der Waals surface area contributed by atoms with Crippen molar-refractivity contribution in [2.75, 3.05) is 7.11 Å². The molecule has 0 spiro atoms. The Hall–Kier alpha value is -2.66. The number of rotatable bonds is 7. The topological polar surface area (TPSA) is 64.6 Å². The van der Waals surface area contributed by atoms with Crippen LogP contribution in [-0.2, 0) is 25.5 Å². The predicted octanol–water partition coefficient (Wildman–Crippen LogP) is 2.62. The number of esters is 1. The summed E-state index contributed by atoms with van der Waals surface area (Å²) in [6.07, 6.45) is -1.21. The van der Waals surface area contributed by atoms with Gasteiger partial charge in [0.05, 0.1) is 0 Å². The van der Waals surface area contributed by atoms with Crippen LogP contribution in [0.15, 0.2) is 60.7 Å². The number of hydrogen-bond acceptors (Lipinski definition) is 4. The molecule has 0 unspecified atom stereocenters. The molecule has 0 aliphatic carbocycles. The summed E-state index contributed by atoms with van der Waals surface area (Å²) in [5.41, 5.74) is 1.72. The first-order valence-corrected chi connectivity index (χ1v) is 7.69. The fourth-order valence-electron chi connectivity index (χ4n) is 2.34. The molecule has 0 radical (unpaired) electrons. The highest BCUT2D eigenvalue weighted by molar-refractivity contribution is 5.83. The van der Waals surface area contributed by atoms with Gasteiger partial charge in [0.2, 0.25) is 0 Å². The van der Waals surface area contributed by atoms with Gasteiger partial charge >= 0.3 is 5.97 Å². The quantitative estimate of drug-likeness (QED) is 0.627. The summed E-state index contributed by atoms with van der Waals surface area (Å²) in [7, 11) is 1.51. The van der Waals surface area contributed by atoms with Crippen molar-refractivity contribution >= 4 is 11.9 Å². The molecule has 0 bridgehead atoms. The monoisotopic (exact) mass is 327 g/mol. The molecule has 1 amide bonds. The smallest absolute Gasteiger partial charge is 0.303 e. The minimum absolute atomic E-state index is 0.303. The first kappa shape index (κ1) is 17.7. The Labute approximate surface area is 141 Å². The van der Waals surface area contributed by atoms with Crippen LogP contribution in [0.2, 0.25) is 0 Å². The summed E-state index contributed by atoms with van der Waals surface area (Å²) >= 11 is 0. The molecular weight excluding hydrogens is 306 g/mol. The van der Waals surface area contributed by atoms with Crippen molar-refractivity contribution in [1.82, 2.24) is 5.32 Å². The minimum atomic E-state index is -0.911. The number of methoxy groups -OCH3 is 1. The van der Waals surface area contributed by atoms with Gasteiger partial charge in [0, 0.05) is 26.0 Å². The maximum atomic E-state index is 12.6. The van der Waals surface area contributed by atoms with Crippen LogP contribution >= 0.6 is 0 Å². The second kappa shape index (κ2) is 8.84. The molecule has 2 atom stereocenters. The van der Waals surface area contributed by atoms with E-state index in [2.05, 4.69) is 5.32 Å². The molecule has 0 saturated heterocycles. The van der Waals surface area contributed by atoms with E-state index in [1.807, 2.05) is 60.7 Å². The Morgan fingerprint density at radius 1 is 1.00 bits per heavy atom. The van der Waals surface area contributed by atoms with Crippen molar-refractivity contribution in [1.29, 1.82) is 0 Å². The molecule has 0 heterocycles. The summed E-state index contributed by atoms with van der Waals surface area (Å²) in [5, 5.41) is 2.77. The highest BCUT2D eigenvalue weighted by Gasteiger charge is 2.25. The lowest BCUT2D eigenvalue weighted by atomic mass is 10.1. The first-order chi connectivity index (χ1) is 11.6. The molecule has 0 aliphatic heterocycles. The molecule has 126 valence electrons. The van der Waals surface area contributed by atoms with E-state index in [0.29, 0.717) is 6.42 Å². The van der Waals surface area contributed by atoms with Crippen molar-refractivity contribution < 1.29 is 19.1 Å². The first-order valence-electron chi connectivity index (χ1n) is 7.69. The van der Waals surface area contributed by atoms with Crippen LogP contribution in [-0.4, -0.2) is 25.1 Å². The molecule has 0 fully saturated rings. The fourth-order valence-corrected chi connectivity index (χ4v) is 2.34. The van der Waals surface area contributed by atoms with Gasteiger partial charge in [0.1, 0.15) is 0 Å². The number of carbonyl (C=O) groups excluding carboxylic acids is 2. The van der Waals surface area contributed by atoms with E-state index in [1.165, 1.54) is 14.0 Å². The Morgan fingerprint density at radius 2 is 1.58 bits per heavy atom.